The molecule has 1 saturated heterocycles. The van der Waals surface area contributed by atoms with Gasteiger partial charge in [-0.15, -0.1) is 0 Å². The van der Waals surface area contributed by atoms with Crippen LogP contribution in [0.5, 0.6) is 0 Å². The molecule has 1 rings (SSSR count). The molecular weight excluding hydrogens is 136 g/mol. The molecule has 2 atom stereocenters. The number of ether oxygens (including phenoxy) is 2. The van der Waals surface area contributed by atoms with Gasteiger partial charge in [0, 0.05) is 6.61 Å². The summed E-state index contributed by atoms with van der Waals surface area (Å²) in [5.74, 6) is -0.585. The Morgan fingerprint density at radius 2 is 2.60 bits per heavy atom. The first-order chi connectivity index (χ1) is 4.75. The standard InChI is InChI=1S/C6H10O4/c1-2-9-4-3-10-6(8)5(4)7/h4-5,7H,2-3H2,1H3/t4-,5-/m1/s1. The zero-order valence-corrected chi connectivity index (χ0v) is 5.74. The van der Waals surface area contributed by atoms with E-state index in [1.54, 1.807) is 6.92 Å². The van der Waals surface area contributed by atoms with Crippen LogP contribution in [0.4, 0.5) is 0 Å². The van der Waals surface area contributed by atoms with Crippen LogP contribution in [0.1, 0.15) is 6.92 Å². The average molecular weight is 146 g/mol. The highest BCUT2D eigenvalue weighted by Gasteiger charge is 2.35. The van der Waals surface area contributed by atoms with Gasteiger partial charge in [0.05, 0.1) is 0 Å². The fourth-order valence-corrected chi connectivity index (χ4v) is 0.846. The fourth-order valence-electron chi connectivity index (χ4n) is 0.846. The number of rotatable bonds is 2. The van der Waals surface area contributed by atoms with Crippen LogP contribution in [0.25, 0.3) is 0 Å². The van der Waals surface area contributed by atoms with Crippen LogP contribution < -0.4 is 0 Å². The highest BCUT2D eigenvalue weighted by Crippen LogP contribution is 2.10. The first-order valence-electron chi connectivity index (χ1n) is 3.22. The van der Waals surface area contributed by atoms with Crippen LogP contribution >= 0.6 is 0 Å². The van der Waals surface area contributed by atoms with Gasteiger partial charge in [0.25, 0.3) is 0 Å². The van der Waals surface area contributed by atoms with E-state index < -0.39 is 18.2 Å². The Morgan fingerprint density at radius 1 is 1.90 bits per heavy atom. The van der Waals surface area contributed by atoms with E-state index in [2.05, 4.69) is 4.74 Å². The van der Waals surface area contributed by atoms with E-state index in [0.717, 1.165) is 0 Å². The lowest BCUT2D eigenvalue weighted by molar-refractivity contribution is -0.145. The molecule has 10 heavy (non-hydrogen) atoms. The predicted molar refractivity (Wildman–Crippen MR) is 32.4 cm³/mol. The Morgan fingerprint density at radius 3 is 3.00 bits per heavy atom. The van der Waals surface area contributed by atoms with Gasteiger partial charge in [-0.05, 0) is 6.92 Å². The lowest BCUT2D eigenvalue weighted by Gasteiger charge is -2.08. The molecule has 1 aliphatic heterocycles. The first kappa shape index (κ1) is 7.50. The van der Waals surface area contributed by atoms with Gasteiger partial charge in [-0.1, -0.05) is 0 Å². The summed E-state index contributed by atoms with van der Waals surface area (Å²) >= 11 is 0. The van der Waals surface area contributed by atoms with E-state index in [4.69, 9.17) is 9.84 Å². The minimum absolute atomic E-state index is 0.174. The second-order valence-corrected chi connectivity index (χ2v) is 2.07. The molecule has 0 unspecified atom stereocenters. The Labute approximate surface area is 58.7 Å². The van der Waals surface area contributed by atoms with Crippen LogP contribution in [-0.4, -0.2) is 36.5 Å². The minimum Gasteiger partial charge on any atom is -0.461 e. The molecule has 0 aliphatic carbocycles. The van der Waals surface area contributed by atoms with Crippen LogP contribution in [0, 0.1) is 0 Å². The number of carbonyl (C=O) groups is 1. The highest BCUT2D eigenvalue weighted by molar-refractivity contribution is 5.77. The number of aliphatic hydroxyl groups is 1. The maximum Gasteiger partial charge on any atom is 0.337 e. The number of hydrogen-bond donors (Lipinski definition) is 1. The monoisotopic (exact) mass is 146 g/mol. The SMILES string of the molecule is CCO[C@@H]1COC(=O)[C@@H]1O. The number of cyclic esters (lactones) is 1. The number of hydrogen-bond acceptors (Lipinski definition) is 4. The molecule has 0 aromatic heterocycles. The summed E-state index contributed by atoms with van der Waals surface area (Å²) in [5.41, 5.74) is 0. The van der Waals surface area contributed by atoms with Crippen molar-refractivity contribution in [2.75, 3.05) is 13.2 Å². The molecule has 4 heteroatoms. The predicted octanol–water partition coefficient (Wildman–Crippen LogP) is -0.691. The number of esters is 1. The molecule has 0 spiro atoms. The molecule has 58 valence electrons. The minimum atomic E-state index is -1.08. The summed E-state index contributed by atoms with van der Waals surface area (Å²) in [7, 11) is 0. The van der Waals surface area contributed by atoms with Crippen LogP contribution in [0.15, 0.2) is 0 Å². The molecule has 1 heterocycles. The van der Waals surface area contributed by atoms with Gasteiger partial charge in [0.15, 0.2) is 6.10 Å². The molecule has 1 fully saturated rings. The van der Waals surface area contributed by atoms with Crippen LogP contribution in [0.3, 0.4) is 0 Å². The Hall–Kier alpha value is -0.610. The summed E-state index contributed by atoms with van der Waals surface area (Å²) in [6, 6.07) is 0. The van der Waals surface area contributed by atoms with Crippen molar-refractivity contribution < 1.29 is 19.4 Å². The first-order valence-corrected chi connectivity index (χ1v) is 3.22. The van der Waals surface area contributed by atoms with E-state index in [1.165, 1.54) is 0 Å². The summed E-state index contributed by atoms with van der Waals surface area (Å²) < 4.78 is 9.51. The normalized spacial score (nSPS) is 32.4. The zero-order valence-electron chi connectivity index (χ0n) is 5.74. The molecule has 4 nitrogen and oxygen atoms in total. The molecule has 1 aliphatic rings. The van der Waals surface area contributed by atoms with Gasteiger partial charge in [0.1, 0.15) is 12.7 Å². The number of aliphatic hydroxyl groups excluding tert-OH is 1. The van der Waals surface area contributed by atoms with Crippen LogP contribution in [-0.2, 0) is 14.3 Å². The smallest absolute Gasteiger partial charge is 0.337 e. The van der Waals surface area contributed by atoms with E-state index >= 15 is 0 Å². The number of carbonyl (C=O) groups excluding carboxylic acids is 1. The lowest BCUT2D eigenvalue weighted by atomic mass is 10.2. The maximum atomic E-state index is 10.5. The van der Waals surface area contributed by atoms with Gasteiger partial charge in [-0.2, -0.15) is 0 Å². The third kappa shape index (κ3) is 1.27. The third-order valence-electron chi connectivity index (χ3n) is 1.36. The molecule has 0 aromatic rings. The lowest BCUT2D eigenvalue weighted by Crippen LogP contribution is -2.29. The molecule has 0 amide bonds. The summed E-state index contributed by atoms with van der Waals surface area (Å²) in [6.07, 6.45) is -1.54. The van der Waals surface area contributed by atoms with E-state index in [0.29, 0.717) is 6.61 Å². The second kappa shape index (κ2) is 2.98. The van der Waals surface area contributed by atoms with Crippen molar-refractivity contribution in [3.63, 3.8) is 0 Å². The zero-order chi connectivity index (χ0) is 7.56. The third-order valence-corrected chi connectivity index (χ3v) is 1.36. The largest absolute Gasteiger partial charge is 0.461 e. The quantitative estimate of drug-likeness (QED) is 0.524. The summed E-state index contributed by atoms with van der Waals surface area (Å²) in [5, 5.41) is 8.99. The highest BCUT2D eigenvalue weighted by atomic mass is 16.6. The summed E-state index contributed by atoms with van der Waals surface area (Å²) in [6.45, 7) is 2.46. The fraction of sp³-hybridized carbons (Fsp3) is 0.833. The molecule has 0 bridgehead atoms. The average Bonchev–Trinajstić information content (AvgIpc) is 2.20. The van der Waals surface area contributed by atoms with Crippen molar-refractivity contribution in [3.8, 4) is 0 Å². The van der Waals surface area contributed by atoms with Crippen molar-refractivity contribution in [2.45, 2.75) is 19.1 Å². The van der Waals surface area contributed by atoms with Gasteiger partial charge >= 0.3 is 5.97 Å². The van der Waals surface area contributed by atoms with Crippen molar-refractivity contribution >= 4 is 5.97 Å². The summed E-state index contributed by atoms with van der Waals surface area (Å²) in [4.78, 5) is 10.5. The van der Waals surface area contributed by atoms with Gasteiger partial charge in [-0.3, -0.25) is 0 Å². The molecule has 1 N–H and O–H groups in total. The van der Waals surface area contributed by atoms with Gasteiger partial charge in [0.2, 0.25) is 0 Å². The molecule has 0 radical (unpaired) electrons. The van der Waals surface area contributed by atoms with Crippen molar-refractivity contribution in [1.29, 1.82) is 0 Å². The molecule has 0 saturated carbocycles. The van der Waals surface area contributed by atoms with Crippen molar-refractivity contribution in [1.82, 2.24) is 0 Å². The van der Waals surface area contributed by atoms with E-state index in [9.17, 15) is 4.79 Å². The topological polar surface area (TPSA) is 55.8 Å². The Balaban J connectivity index is 2.41. The van der Waals surface area contributed by atoms with Gasteiger partial charge in [-0.25, -0.2) is 4.79 Å². The second-order valence-electron chi connectivity index (χ2n) is 2.07. The maximum absolute atomic E-state index is 10.5. The van der Waals surface area contributed by atoms with E-state index in [-0.39, 0.29) is 6.61 Å². The molecular formula is C6H10O4. The van der Waals surface area contributed by atoms with E-state index in [1.807, 2.05) is 0 Å². The van der Waals surface area contributed by atoms with Crippen LogP contribution in [0.2, 0.25) is 0 Å². The van der Waals surface area contributed by atoms with Gasteiger partial charge < -0.3 is 14.6 Å². The van der Waals surface area contributed by atoms with Crippen molar-refractivity contribution in [2.24, 2.45) is 0 Å². The molecule has 0 aromatic carbocycles. The Bertz CT molecular complexity index is 134. The van der Waals surface area contributed by atoms with Crippen molar-refractivity contribution in [3.05, 3.63) is 0 Å². The Kier molecular flexibility index (Phi) is 2.24.